The number of aromatic nitrogens is 4. The Hall–Kier alpha value is -3.40. The van der Waals surface area contributed by atoms with Gasteiger partial charge in [-0.2, -0.15) is 5.10 Å². The van der Waals surface area contributed by atoms with Crippen molar-refractivity contribution in [1.29, 1.82) is 0 Å². The lowest BCUT2D eigenvalue weighted by atomic mass is 10.1. The van der Waals surface area contributed by atoms with Crippen LogP contribution in [0.3, 0.4) is 0 Å². The van der Waals surface area contributed by atoms with E-state index in [0.717, 1.165) is 35.3 Å². The van der Waals surface area contributed by atoms with E-state index in [9.17, 15) is 9.59 Å². The van der Waals surface area contributed by atoms with E-state index in [0.29, 0.717) is 45.0 Å². The molecule has 0 aromatic carbocycles. The summed E-state index contributed by atoms with van der Waals surface area (Å²) in [5.41, 5.74) is 1.84. The maximum absolute atomic E-state index is 13.3. The Morgan fingerprint density at radius 3 is 2.88 bits per heavy atom. The molecule has 0 fully saturated rings. The molecule has 34 heavy (non-hydrogen) atoms. The number of ether oxygens (including phenoxy) is 1. The van der Waals surface area contributed by atoms with Crippen LogP contribution in [0.5, 0.6) is 5.75 Å². The molecule has 182 valence electrons. The first-order valence-electron chi connectivity index (χ1n) is 11.9. The first-order chi connectivity index (χ1) is 16.5. The van der Waals surface area contributed by atoms with Crippen molar-refractivity contribution in [1.82, 2.24) is 30.0 Å². The molecule has 3 aromatic heterocycles. The second-order valence-electron chi connectivity index (χ2n) is 8.72. The molecule has 0 unspecified atom stereocenters. The summed E-state index contributed by atoms with van der Waals surface area (Å²) < 4.78 is 7.77. The fourth-order valence-electron chi connectivity index (χ4n) is 4.18. The molecule has 1 amide bonds. The van der Waals surface area contributed by atoms with E-state index in [1.165, 1.54) is 0 Å². The third-order valence-electron chi connectivity index (χ3n) is 6.02. The van der Waals surface area contributed by atoms with Crippen LogP contribution < -0.4 is 20.8 Å². The summed E-state index contributed by atoms with van der Waals surface area (Å²) in [5.74, 6) is 0.802. The number of anilines is 1. The summed E-state index contributed by atoms with van der Waals surface area (Å²) in [5, 5.41) is 14.6. The molecule has 0 bridgehead atoms. The number of hydrogen-bond donors (Lipinski definition) is 3. The minimum absolute atomic E-state index is 0.0565. The Morgan fingerprint density at radius 2 is 2.09 bits per heavy atom. The van der Waals surface area contributed by atoms with Gasteiger partial charge in [-0.1, -0.05) is 13.3 Å². The van der Waals surface area contributed by atoms with Gasteiger partial charge in [0.2, 0.25) is 5.43 Å². The lowest BCUT2D eigenvalue weighted by Crippen LogP contribution is -2.46. The number of unbranched alkanes of at least 4 members (excludes halogenated alkanes) is 1. The van der Waals surface area contributed by atoms with Crippen molar-refractivity contribution in [3.05, 3.63) is 46.1 Å². The number of fused-ring (bicyclic) bond motifs is 2. The van der Waals surface area contributed by atoms with Gasteiger partial charge in [0.05, 0.1) is 23.7 Å². The zero-order valence-corrected chi connectivity index (χ0v) is 20.1. The van der Waals surface area contributed by atoms with Crippen LogP contribution in [0.4, 0.5) is 5.82 Å². The third kappa shape index (κ3) is 4.91. The van der Waals surface area contributed by atoms with Gasteiger partial charge >= 0.3 is 0 Å². The summed E-state index contributed by atoms with van der Waals surface area (Å²) in [7, 11) is 0. The van der Waals surface area contributed by atoms with Gasteiger partial charge in [-0.15, -0.1) is 0 Å². The Kier molecular flexibility index (Phi) is 7.46. The molecule has 0 saturated heterocycles. The van der Waals surface area contributed by atoms with Crippen LogP contribution in [0.15, 0.2) is 29.3 Å². The number of pyridine rings is 2. The van der Waals surface area contributed by atoms with Gasteiger partial charge < -0.3 is 24.8 Å². The Morgan fingerprint density at radius 1 is 1.24 bits per heavy atom. The summed E-state index contributed by atoms with van der Waals surface area (Å²) in [6.07, 6.45) is 5.27. The van der Waals surface area contributed by atoms with Crippen molar-refractivity contribution in [3.63, 3.8) is 0 Å². The molecule has 1 aliphatic heterocycles. The lowest BCUT2D eigenvalue weighted by Gasteiger charge is -2.35. The van der Waals surface area contributed by atoms with Crippen LogP contribution in [0, 0.1) is 0 Å². The highest BCUT2D eigenvalue weighted by atomic mass is 16.5. The first kappa shape index (κ1) is 23.7. The quantitative estimate of drug-likeness (QED) is 0.371. The third-order valence-corrected chi connectivity index (χ3v) is 6.02. The number of carbonyl (C=O) groups excluding carboxylic acids is 1. The largest absolute Gasteiger partial charge is 0.487 e. The number of hydrogen-bond acceptors (Lipinski definition) is 7. The fraction of sp³-hybridized carbons (Fsp3) is 0.500. The lowest BCUT2D eigenvalue weighted by molar-refractivity contribution is 0.0636. The van der Waals surface area contributed by atoms with Crippen molar-refractivity contribution in [2.75, 3.05) is 31.6 Å². The normalized spacial score (nSPS) is 13.5. The second kappa shape index (κ2) is 10.7. The zero-order chi connectivity index (χ0) is 24.1. The van der Waals surface area contributed by atoms with Gasteiger partial charge in [-0.25, -0.2) is 4.98 Å². The Bertz CT molecular complexity index is 1200. The van der Waals surface area contributed by atoms with Crippen LogP contribution in [-0.2, 0) is 13.1 Å². The van der Waals surface area contributed by atoms with E-state index < -0.39 is 0 Å². The van der Waals surface area contributed by atoms with Crippen molar-refractivity contribution in [2.24, 2.45) is 0 Å². The van der Waals surface area contributed by atoms with Gasteiger partial charge in [0.1, 0.15) is 5.82 Å². The van der Waals surface area contributed by atoms with Crippen LogP contribution in [-0.4, -0.2) is 62.8 Å². The zero-order valence-electron chi connectivity index (χ0n) is 20.1. The summed E-state index contributed by atoms with van der Waals surface area (Å²) in [6, 6.07) is 3.53. The molecule has 4 rings (SSSR count). The Balaban J connectivity index is 1.46. The average Bonchev–Trinajstić information content (AvgIpc) is 3.30. The molecule has 0 saturated carbocycles. The van der Waals surface area contributed by atoms with Crippen molar-refractivity contribution < 1.29 is 9.53 Å². The van der Waals surface area contributed by atoms with E-state index in [1.807, 2.05) is 24.5 Å². The number of nitrogens with zero attached hydrogens (tertiary/aromatic N) is 4. The van der Waals surface area contributed by atoms with Gasteiger partial charge in [0, 0.05) is 56.7 Å². The minimum atomic E-state index is -0.243. The maximum Gasteiger partial charge on any atom is 0.274 e. The van der Waals surface area contributed by atoms with E-state index in [4.69, 9.17) is 4.74 Å². The van der Waals surface area contributed by atoms with Crippen molar-refractivity contribution in [2.45, 2.75) is 52.7 Å². The molecule has 3 N–H and O–H groups in total. The topological polar surface area (TPSA) is 117 Å². The summed E-state index contributed by atoms with van der Waals surface area (Å²) in [6.45, 7) is 9.47. The number of aromatic amines is 1. The highest BCUT2D eigenvalue weighted by Gasteiger charge is 2.32. The summed E-state index contributed by atoms with van der Waals surface area (Å²) >= 11 is 0. The number of rotatable bonds is 11. The van der Waals surface area contributed by atoms with Crippen LogP contribution in [0.1, 0.15) is 49.8 Å². The molecule has 10 nitrogen and oxygen atoms in total. The molecule has 1 aliphatic rings. The van der Waals surface area contributed by atoms with E-state index in [2.05, 4.69) is 32.7 Å². The molecule has 0 atom stereocenters. The highest BCUT2D eigenvalue weighted by molar-refractivity contribution is 5.96. The molecule has 0 aliphatic carbocycles. The number of carbonyl (C=O) groups is 1. The van der Waals surface area contributed by atoms with Crippen molar-refractivity contribution >= 4 is 22.6 Å². The molecular weight excluding hydrogens is 434 g/mol. The summed E-state index contributed by atoms with van der Waals surface area (Å²) in [4.78, 5) is 32.4. The SMILES string of the molecule is CCCCOc1c2n(c(CNCCNc3nccc4[nH]ncc34)cc1=O)CCN(C(C)C)C2=O. The van der Waals surface area contributed by atoms with Crippen LogP contribution >= 0.6 is 0 Å². The van der Waals surface area contributed by atoms with Crippen LogP contribution in [0.25, 0.3) is 10.9 Å². The van der Waals surface area contributed by atoms with Gasteiger partial charge in [-0.3, -0.25) is 14.7 Å². The first-order valence-corrected chi connectivity index (χ1v) is 11.9. The highest BCUT2D eigenvalue weighted by Crippen LogP contribution is 2.24. The van der Waals surface area contributed by atoms with Gasteiger partial charge in [-0.05, 0) is 26.3 Å². The standard InChI is InChI=1S/C24H33N7O3/c1-4-5-12-34-22-20(32)13-17(31-11-10-30(16(2)3)24(33)21(22)31)14-25-8-9-27-23-18-15-28-29-19(18)6-7-26-23/h6-7,13,15-16,25H,4-5,8-12,14H2,1-3H3,(H,26,27)(H,28,29). The number of H-pyrrole nitrogens is 1. The molecule has 0 radical (unpaired) electrons. The molecule has 10 heteroatoms. The number of nitrogens with one attached hydrogen (secondary N) is 3. The van der Waals surface area contributed by atoms with Crippen LogP contribution in [0.2, 0.25) is 0 Å². The smallest absolute Gasteiger partial charge is 0.274 e. The second-order valence-corrected chi connectivity index (χ2v) is 8.72. The predicted molar refractivity (Wildman–Crippen MR) is 131 cm³/mol. The Labute approximate surface area is 198 Å². The van der Waals surface area contributed by atoms with E-state index in [-0.39, 0.29) is 23.1 Å². The average molecular weight is 468 g/mol. The monoisotopic (exact) mass is 467 g/mol. The predicted octanol–water partition coefficient (Wildman–Crippen LogP) is 2.36. The van der Waals surface area contributed by atoms with Gasteiger partial charge in [0.15, 0.2) is 11.4 Å². The molecule has 3 aromatic rings. The molecule has 0 spiro atoms. The molecule has 4 heterocycles. The minimum Gasteiger partial charge on any atom is -0.487 e. The van der Waals surface area contributed by atoms with Gasteiger partial charge in [0.25, 0.3) is 5.91 Å². The van der Waals surface area contributed by atoms with E-state index >= 15 is 0 Å². The fourth-order valence-corrected chi connectivity index (χ4v) is 4.18. The van der Waals surface area contributed by atoms with E-state index in [1.54, 1.807) is 23.4 Å². The number of amides is 1. The van der Waals surface area contributed by atoms with Crippen molar-refractivity contribution in [3.8, 4) is 5.75 Å². The maximum atomic E-state index is 13.3. The molecular formula is C24H33N7O3.